The lowest BCUT2D eigenvalue weighted by molar-refractivity contribution is -0.155. The summed E-state index contributed by atoms with van der Waals surface area (Å²) >= 11 is 0. The van der Waals surface area contributed by atoms with Crippen LogP contribution in [0.25, 0.3) is 11.1 Å². The third-order valence-electron chi connectivity index (χ3n) is 5.08. The summed E-state index contributed by atoms with van der Waals surface area (Å²) in [4.78, 5) is 74.4. The molecule has 3 rings (SSSR count). The van der Waals surface area contributed by atoms with Crippen LogP contribution >= 0.6 is 0 Å². The summed E-state index contributed by atoms with van der Waals surface area (Å²) in [5.41, 5.74) is -2.91. The van der Waals surface area contributed by atoms with Crippen LogP contribution in [0.4, 0.5) is 0 Å². The van der Waals surface area contributed by atoms with Crippen molar-refractivity contribution < 1.29 is 42.9 Å². The number of rotatable bonds is 7. The number of nitrogens with zero attached hydrogens (tertiary/aromatic N) is 3. The minimum atomic E-state index is -1.06. The summed E-state index contributed by atoms with van der Waals surface area (Å²) in [5, 5.41) is 7.29. The molecule has 1 unspecified atom stereocenters. The van der Waals surface area contributed by atoms with Gasteiger partial charge < -0.3 is 23.7 Å². The molecular weight excluding hydrogens is 484 g/mol. The molecule has 3 atom stereocenters. The third kappa shape index (κ3) is 5.63. The molecule has 2 aromatic rings. The lowest BCUT2D eigenvalue weighted by atomic mass is 10.1. The van der Waals surface area contributed by atoms with E-state index in [1.54, 1.807) is 0 Å². The predicted octanol–water partition coefficient (Wildman–Crippen LogP) is -0.651. The second kappa shape index (κ2) is 10.9. The summed E-state index contributed by atoms with van der Waals surface area (Å²) in [5.74, 6) is -3.05. The number of methoxy groups -OCH3 is 2. The Morgan fingerprint density at radius 1 is 1.06 bits per heavy atom. The lowest BCUT2D eigenvalue weighted by Crippen LogP contribution is -2.33. The first kappa shape index (κ1) is 26.2. The van der Waals surface area contributed by atoms with Gasteiger partial charge >= 0.3 is 29.6 Å². The Kier molecular flexibility index (Phi) is 7.93. The van der Waals surface area contributed by atoms with E-state index in [-0.39, 0.29) is 29.8 Å². The molecule has 0 amide bonds. The molecular formula is C21H22N4O11. The second-order valence-corrected chi connectivity index (χ2v) is 7.50. The van der Waals surface area contributed by atoms with E-state index in [1.807, 2.05) is 0 Å². The largest absolute Gasteiger partial charge is 0.464 e. The molecule has 15 nitrogen and oxygen atoms in total. The summed E-state index contributed by atoms with van der Waals surface area (Å²) < 4.78 is 26.3. The fraction of sp³-hybridized carbons (Fsp3) is 0.429. The Morgan fingerprint density at radius 3 is 2.36 bits per heavy atom. The number of aromatic nitrogens is 4. The quantitative estimate of drug-likeness (QED) is 0.368. The standard InChI is InChI=1S/C21H22N4O11/c1-9(26)34-8-15-14(35-10(2)27)6-16(36-15)25-7-12(18(28)22-21(25)31)11-5-13(19(29)32-3)23-24-17(11)20(30)33-4/h5,7,14-16H,6,8H2,1-4H3,(H,22,28,31)/t14?,15-,16-/m1/s1. The van der Waals surface area contributed by atoms with Gasteiger partial charge in [-0.3, -0.25) is 23.9 Å². The Bertz CT molecular complexity index is 1320. The van der Waals surface area contributed by atoms with Crippen molar-refractivity contribution in [3.63, 3.8) is 0 Å². The molecule has 0 spiro atoms. The highest BCUT2D eigenvalue weighted by molar-refractivity contribution is 5.97. The Balaban J connectivity index is 2.09. The van der Waals surface area contributed by atoms with Gasteiger partial charge in [0, 0.05) is 32.0 Å². The first-order valence-electron chi connectivity index (χ1n) is 10.4. The second-order valence-electron chi connectivity index (χ2n) is 7.50. The highest BCUT2D eigenvalue weighted by atomic mass is 16.6. The van der Waals surface area contributed by atoms with E-state index < -0.39 is 59.3 Å². The van der Waals surface area contributed by atoms with Crippen molar-refractivity contribution in [1.29, 1.82) is 0 Å². The van der Waals surface area contributed by atoms with Gasteiger partial charge in [-0.1, -0.05) is 0 Å². The van der Waals surface area contributed by atoms with E-state index in [9.17, 15) is 28.8 Å². The molecule has 1 fully saturated rings. The maximum atomic E-state index is 12.7. The van der Waals surface area contributed by atoms with Crippen molar-refractivity contribution in [1.82, 2.24) is 19.7 Å². The zero-order valence-electron chi connectivity index (χ0n) is 19.6. The van der Waals surface area contributed by atoms with Crippen molar-refractivity contribution in [3.05, 3.63) is 44.5 Å². The zero-order valence-corrected chi connectivity index (χ0v) is 19.6. The molecule has 2 aromatic heterocycles. The van der Waals surface area contributed by atoms with Gasteiger partial charge in [-0.05, 0) is 6.07 Å². The average molecular weight is 506 g/mol. The van der Waals surface area contributed by atoms with Crippen molar-refractivity contribution in [2.45, 2.75) is 38.7 Å². The van der Waals surface area contributed by atoms with Gasteiger partial charge in [-0.15, -0.1) is 10.2 Å². The van der Waals surface area contributed by atoms with E-state index in [0.717, 1.165) is 31.0 Å². The Morgan fingerprint density at radius 2 is 1.75 bits per heavy atom. The fourth-order valence-corrected chi connectivity index (χ4v) is 3.50. The van der Waals surface area contributed by atoms with Crippen molar-refractivity contribution in [2.24, 2.45) is 0 Å². The molecule has 0 bridgehead atoms. The Hall–Kier alpha value is -4.40. The first-order valence-corrected chi connectivity index (χ1v) is 10.4. The number of hydrogen-bond acceptors (Lipinski definition) is 13. The van der Waals surface area contributed by atoms with E-state index in [2.05, 4.69) is 24.7 Å². The van der Waals surface area contributed by atoms with Crippen LogP contribution in [0.1, 0.15) is 47.5 Å². The molecule has 15 heteroatoms. The van der Waals surface area contributed by atoms with Crippen molar-refractivity contribution >= 4 is 23.9 Å². The minimum Gasteiger partial charge on any atom is -0.464 e. The minimum absolute atomic E-state index is 0.0250. The molecule has 1 saturated heterocycles. The van der Waals surface area contributed by atoms with E-state index in [4.69, 9.17) is 14.2 Å². The topological polar surface area (TPSA) is 195 Å². The summed E-state index contributed by atoms with van der Waals surface area (Å²) in [6.45, 7) is 2.12. The molecule has 3 heterocycles. The van der Waals surface area contributed by atoms with E-state index in [1.165, 1.54) is 13.8 Å². The summed E-state index contributed by atoms with van der Waals surface area (Å²) in [7, 11) is 2.19. The van der Waals surface area contributed by atoms with Crippen LogP contribution in [0, 0.1) is 0 Å². The molecule has 1 aliphatic rings. The molecule has 0 radical (unpaired) electrons. The van der Waals surface area contributed by atoms with Crippen LogP contribution in [0.3, 0.4) is 0 Å². The molecule has 0 saturated carbocycles. The lowest BCUT2D eigenvalue weighted by Gasteiger charge is -2.18. The highest BCUT2D eigenvalue weighted by Gasteiger charge is 2.40. The van der Waals surface area contributed by atoms with Crippen LogP contribution in [-0.4, -0.2) is 76.7 Å². The SMILES string of the molecule is COC(=O)c1cc(-c2cn([C@H]3CC(OC(C)=O)[C@@H](COC(C)=O)O3)c(=O)[nH]c2=O)c(C(=O)OC)nn1. The molecule has 36 heavy (non-hydrogen) atoms. The molecule has 1 aliphatic heterocycles. The zero-order chi connectivity index (χ0) is 26.6. The number of carbonyl (C=O) groups is 4. The number of esters is 4. The van der Waals surface area contributed by atoms with Crippen molar-refractivity contribution in [3.8, 4) is 11.1 Å². The molecule has 192 valence electrons. The smallest absolute Gasteiger partial charge is 0.359 e. The summed E-state index contributed by atoms with van der Waals surface area (Å²) in [6, 6.07) is 1.09. The van der Waals surface area contributed by atoms with E-state index in [0.29, 0.717) is 0 Å². The number of hydrogen-bond donors (Lipinski definition) is 1. The van der Waals surface area contributed by atoms with Gasteiger partial charge in [0.15, 0.2) is 11.4 Å². The third-order valence-corrected chi connectivity index (χ3v) is 5.08. The first-order chi connectivity index (χ1) is 17.0. The number of aromatic amines is 1. The van der Waals surface area contributed by atoms with Gasteiger partial charge in [0.2, 0.25) is 0 Å². The average Bonchev–Trinajstić information content (AvgIpc) is 3.22. The summed E-state index contributed by atoms with van der Waals surface area (Å²) in [6.07, 6.45) is -1.76. The predicted molar refractivity (Wildman–Crippen MR) is 116 cm³/mol. The molecule has 0 aromatic carbocycles. The van der Waals surface area contributed by atoms with Gasteiger partial charge in [0.1, 0.15) is 25.0 Å². The number of nitrogens with one attached hydrogen (secondary N) is 1. The monoisotopic (exact) mass is 506 g/mol. The highest BCUT2D eigenvalue weighted by Crippen LogP contribution is 2.31. The van der Waals surface area contributed by atoms with Crippen LogP contribution in [-0.2, 0) is 33.3 Å². The van der Waals surface area contributed by atoms with E-state index >= 15 is 0 Å². The van der Waals surface area contributed by atoms with Gasteiger partial charge in [-0.2, -0.15) is 0 Å². The van der Waals surface area contributed by atoms with Gasteiger partial charge in [0.25, 0.3) is 5.56 Å². The Labute approximate surface area is 202 Å². The van der Waals surface area contributed by atoms with Crippen LogP contribution < -0.4 is 11.2 Å². The number of H-pyrrole nitrogens is 1. The van der Waals surface area contributed by atoms with Crippen LogP contribution in [0.5, 0.6) is 0 Å². The number of carbonyl (C=O) groups excluding carboxylic acids is 4. The van der Waals surface area contributed by atoms with Crippen molar-refractivity contribution in [2.75, 3.05) is 20.8 Å². The fourth-order valence-electron chi connectivity index (χ4n) is 3.50. The maximum Gasteiger partial charge on any atom is 0.359 e. The molecule has 0 aliphatic carbocycles. The normalized spacial score (nSPS) is 18.8. The van der Waals surface area contributed by atoms with Gasteiger partial charge in [-0.25, -0.2) is 14.4 Å². The van der Waals surface area contributed by atoms with Crippen LogP contribution in [0.15, 0.2) is 21.9 Å². The maximum absolute atomic E-state index is 12.7. The molecule has 1 N–H and O–H groups in total. The van der Waals surface area contributed by atoms with Gasteiger partial charge in [0.05, 0.1) is 19.8 Å². The van der Waals surface area contributed by atoms with Crippen LogP contribution in [0.2, 0.25) is 0 Å². The number of ether oxygens (including phenoxy) is 5.